The van der Waals surface area contributed by atoms with Crippen LogP contribution in [0.25, 0.3) is 32.9 Å². The number of aromatic nitrogens is 3. The van der Waals surface area contributed by atoms with Gasteiger partial charge in [-0.15, -0.1) is 5.54 Å². The summed E-state index contributed by atoms with van der Waals surface area (Å²) in [6.07, 6.45) is 2.94. The van der Waals surface area contributed by atoms with Gasteiger partial charge in [0, 0.05) is 62.4 Å². The molecule has 13 nitrogen and oxygen atoms in total. The lowest BCUT2D eigenvalue weighted by Gasteiger charge is -2.38. The van der Waals surface area contributed by atoms with E-state index in [0.717, 1.165) is 32.5 Å². The molecule has 2 aromatic heterocycles. The molecule has 3 aliphatic rings. The van der Waals surface area contributed by atoms with Gasteiger partial charge in [0.25, 0.3) is 0 Å². The summed E-state index contributed by atoms with van der Waals surface area (Å²) in [5.41, 5.74) is 4.18. The fraction of sp³-hybridized carbons (Fsp3) is 0.592. The van der Waals surface area contributed by atoms with Crippen LogP contribution >= 0.6 is 0 Å². The summed E-state index contributed by atoms with van der Waals surface area (Å²) in [7, 11) is -0.808. The standard InChI is InChI=1S/C49H66F2N6O7Si/c1-31(2)65(32(3)4,33(5)6)22-13-37-40(50)12-11-34-23-36(63-30-59-10)24-38(41(34)37)43-42(51)44-39(25-52-43)45(57-18-21-61-27-35(26-57)53-47(58)64-48(7,8)9)55-46(54-44)62-29-49(14-15-49)28-56-16-19-60-20-17-56/h11-12,23-25,31-33,35H,14-21,26-30H2,1-10H3,(H,53,58)/t35-/m1/s1. The van der Waals surface area contributed by atoms with Gasteiger partial charge in [0.15, 0.2) is 12.6 Å². The summed E-state index contributed by atoms with van der Waals surface area (Å²) in [4.78, 5) is 31.7. The zero-order valence-corrected chi connectivity index (χ0v) is 40.7. The molecule has 0 unspecified atom stereocenters. The summed E-state index contributed by atoms with van der Waals surface area (Å²) in [5.74, 6) is 2.84. The predicted octanol–water partition coefficient (Wildman–Crippen LogP) is 8.90. The average Bonchev–Trinajstić information content (AvgIpc) is 4.05. The molecule has 2 saturated heterocycles. The number of carbonyl (C=O) groups is 1. The zero-order valence-electron chi connectivity index (χ0n) is 39.7. The first kappa shape index (κ1) is 48.3. The number of ether oxygens (including phenoxy) is 6. The van der Waals surface area contributed by atoms with Crippen molar-refractivity contribution in [2.45, 2.75) is 103 Å². The molecule has 1 saturated carbocycles. The lowest BCUT2D eigenvalue weighted by Crippen LogP contribution is -2.46. The summed E-state index contributed by atoms with van der Waals surface area (Å²) in [5, 5.41) is 4.27. The van der Waals surface area contributed by atoms with Crippen LogP contribution in [-0.4, -0.2) is 125 Å². The Balaban J connectivity index is 1.38. The Labute approximate surface area is 383 Å². The molecule has 352 valence electrons. The number of pyridine rings is 1. The first-order chi connectivity index (χ1) is 30.9. The number of carbonyl (C=O) groups excluding carboxylic acids is 1. The monoisotopic (exact) mass is 916 g/mol. The number of anilines is 1. The highest BCUT2D eigenvalue weighted by Gasteiger charge is 2.45. The zero-order chi connectivity index (χ0) is 46.7. The summed E-state index contributed by atoms with van der Waals surface area (Å²) < 4.78 is 69.0. The topological polar surface area (TPSA) is 130 Å². The molecule has 1 N–H and O–H groups in total. The van der Waals surface area contributed by atoms with E-state index in [1.807, 2.05) is 4.90 Å². The van der Waals surface area contributed by atoms with E-state index >= 15 is 8.78 Å². The van der Waals surface area contributed by atoms with Crippen molar-refractivity contribution in [2.75, 3.05) is 84.6 Å². The number of hydrogen-bond donors (Lipinski definition) is 1. The Morgan fingerprint density at radius 3 is 2.35 bits per heavy atom. The van der Waals surface area contributed by atoms with Crippen LogP contribution in [0.2, 0.25) is 16.6 Å². The maximum Gasteiger partial charge on any atom is 0.408 e. The van der Waals surface area contributed by atoms with Crippen LogP contribution in [-0.2, 0) is 18.9 Å². The van der Waals surface area contributed by atoms with Gasteiger partial charge in [0.2, 0.25) is 0 Å². The molecule has 7 rings (SSSR count). The third-order valence-electron chi connectivity index (χ3n) is 13.0. The Hall–Kier alpha value is -4.66. The van der Waals surface area contributed by atoms with Gasteiger partial charge >= 0.3 is 12.1 Å². The van der Waals surface area contributed by atoms with Crippen molar-refractivity contribution in [3.05, 3.63) is 47.7 Å². The summed E-state index contributed by atoms with van der Waals surface area (Å²) in [6.45, 7) is 24.1. The van der Waals surface area contributed by atoms with E-state index in [4.69, 9.17) is 43.4 Å². The van der Waals surface area contributed by atoms with E-state index in [2.05, 4.69) is 63.2 Å². The number of amides is 1. The van der Waals surface area contributed by atoms with Crippen LogP contribution in [0.15, 0.2) is 30.5 Å². The third kappa shape index (κ3) is 11.0. The van der Waals surface area contributed by atoms with Gasteiger partial charge in [-0.25, -0.2) is 13.6 Å². The van der Waals surface area contributed by atoms with Crippen LogP contribution < -0.4 is 19.7 Å². The number of methoxy groups -OCH3 is 1. The molecule has 0 bridgehead atoms. The van der Waals surface area contributed by atoms with E-state index < -0.39 is 37.4 Å². The number of halogens is 2. The Bertz CT molecular complexity index is 2390. The second-order valence-corrected chi connectivity index (χ2v) is 25.3. The highest BCUT2D eigenvalue weighted by Crippen LogP contribution is 2.47. The predicted molar refractivity (Wildman–Crippen MR) is 251 cm³/mol. The second-order valence-electron chi connectivity index (χ2n) is 19.7. The summed E-state index contributed by atoms with van der Waals surface area (Å²) in [6, 6.07) is 6.00. The molecule has 3 fully saturated rings. The highest BCUT2D eigenvalue weighted by molar-refractivity contribution is 6.90. The second kappa shape index (κ2) is 20.1. The normalized spacial score (nSPS) is 18.2. The van der Waals surface area contributed by atoms with Crippen LogP contribution in [0.4, 0.5) is 19.4 Å². The van der Waals surface area contributed by atoms with Crippen LogP contribution in [0.5, 0.6) is 11.8 Å². The van der Waals surface area contributed by atoms with Crippen molar-refractivity contribution in [3.8, 4) is 34.5 Å². The van der Waals surface area contributed by atoms with Gasteiger partial charge in [-0.3, -0.25) is 9.88 Å². The first-order valence-corrected chi connectivity index (χ1v) is 25.2. The number of rotatable bonds is 14. The van der Waals surface area contributed by atoms with Gasteiger partial charge in [-0.2, -0.15) is 9.97 Å². The van der Waals surface area contributed by atoms with Gasteiger partial charge < -0.3 is 38.6 Å². The molecular formula is C49H66F2N6O7Si. The quantitative estimate of drug-likeness (QED) is 0.0737. The van der Waals surface area contributed by atoms with Crippen LogP contribution in [0.1, 0.15) is 80.7 Å². The van der Waals surface area contributed by atoms with Crippen LogP contribution in [0.3, 0.4) is 0 Å². The number of nitrogens with zero attached hydrogens (tertiary/aromatic N) is 5. The van der Waals surface area contributed by atoms with Crippen molar-refractivity contribution in [1.29, 1.82) is 0 Å². The molecule has 16 heteroatoms. The van der Waals surface area contributed by atoms with Gasteiger partial charge in [0.1, 0.15) is 42.3 Å². The van der Waals surface area contributed by atoms with Crippen molar-refractivity contribution >= 4 is 41.7 Å². The molecule has 2 aliphatic heterocycles. The Morgan fingerprint density at radius 2 is 1.69 bits per heavy atom. The number of hydrogen-bond acceptors (Lipinski definition) is 12. The minimum Gasteiger partial charge on any atom is -0.468 e. The minimum atomic E-state index is -2.32. The molecule has 2 aromatic carbocycles. The number of morpholine rings is 1. The molecule has 0 radical (unpaired) electrons. The number of alkyl carbamates (subject to hydrolysis) is 1. The molecule has 4 heterocycles. The van der Waals surface area contributed by atoms with Gasteiger partial charge in [-0.05, 0) is 73.8 Å². The van der Waals surface area contributed by atoms with E-state index in [0.29, 0.717) is 77.3 Å². The summed E-state index contributed by atoms with van der Waals surface area (Å²) >= 11 is 0. The van der Waals surface area contributed by atoms with E-state index in [9.17, 15) is 4.79 Å². The molecule has 4 aromatic rings. The highest BCUT2D eigenvalue weighted by atomic mass is 28.3. The molecule has 1 atom stereocenters. The molecular weight excluding hydrogens is 851 g/mol. The third-order valence-corrected chi connectivity index (χ3v) is 19.3. The Morgan fingerprint density at radius 1 is 0.985 bits per heavy atom. The maximum absolute atomic E-state index is 17.9. The van der Waals surface area contributed by atoms with Crippen molar-refractivity contribution < 1.29 is 42.0 Å². The molecule has 1 aliphatic carbocycles. The molecule has 1 amide bonds. The largest absolute Gasteiger partial charge is 0.468 e. The molecule has 0 spiro atoms. The van der Waals surface area contributed by atoms with E-state index in [1.165, 1.54) is 13.2 Å². The smallest absolute Gasteiger partial charge is 0.408 e. The number of fused-ring (bicyclic) bond motifs is 2. The van der Waals surface area contributed by atoms with Crippen molar-refractivity contribution in [1.82, 2.24) is 25.2 Å². The van der Waals surface area contributed by atoms with Gasteiger partial charge in [0.05, 0.1) is 50.0 Å². The average molecular weight is 917 g/mol. The van der Waals surface area contributed by atoms with E-state index in [1.54, 1.807) is 45.2 Å². The SMILES string of the molecule is COCOc1cc(-c2ncc3c(N4CCOC[C@H](NC(=O)OC(C)(C)C)C4)nc(OCC4(CN5CCOCC5)CC4)nc3c2F)c2c(C#C[Si](C(C)C)(C(C)C)C(C)C)c(F)ccc2c1. The first-order valence-electron chi connectivity index (χ1n) is 23.0. The van der Waals surface area contributed by atoms with Gasteiger partial charge in [-0.1, -0.05) is 53.5 Å². The van der Waals surface area contributed by atoms with E-state index in [-0.39, 0.29) is 53.7 Å². The van der Waals surface area contributed by atoms with Crippen molar-refractivity contribution in [3.63, 3.8) is 0 Å². The fourth-order valence-electron chi connectivity index (χ4n) is 9.59. The molecule has 65 heavy (non-hydrogen) atoms. The van der Waals surface area contributed by atoms with Crippen LogP contribution in [0, 0.1) is 28.5 Å². The van der Waals surface area contributed by atoms with Crippen molar-refractivity contribution in [2.24, 2.45) is 5.41 Å². The fourth-order valence-corrected chi connectivity index (χ4v) is 14.8. The Kier molecular flexibility index (Phi) is 14.9. The number of benzene rings is 2. The minimum absolute atomic E-state index is 0.00982. The lowest BCUT2D eigenvalue weighted by atomic mass is 9.95. The maximum atomic E-state index is 17.9. The lowest BCUT2D eigenvalue weighted by molar-refractivity contribution is 0.0231. The number of nitrogens with one attached hydrogen (secondary N) is 1.